The van der Waals surface area contributed by atoms with E-state index in [1.165, 1.54) is 6.33 Å². The number of aromatic nitrogens is 4. The third kappa shape index (κ3) is 3.81. The van der Waals surface area contributed by atoms with Gasteiger partial charge in [0.1, 0.15) is 11.8 Å². The Morgan fingerprint density at radius 2 is 2.00 bits per heavy atom. The first kappa shape index (κ1) is 20.5. The monoisotopic (exact) mass is 435 g/mol. The van der Waals surface area contributed by atoms with Gasteiger partial charge in [0, 0.05) is 38.1 Å². The summed E-state index contributed by atoms with van der Waals surface area (Å²) >= 11 is 0. The Morgan fingerprint density at radius 1 is 1.16 bits per heavy atom. The highest BCUT2D eigenvalue weighted by atomic mass is 16.3. The number of aliphatic hydroxyl groups is 1. The fourth-order valence-corrected chi connectivity index (χ4v) is 4.87. The Labute approximate surface area is 184 Å². The molecule has 4 atom stereocenters. The fraction of sp³-hybridized carbons (Fsp3) is 0.455. The summed E-state index contributed by atoms with van der Waals surface area (Å²) in [6.45, 7) is 1.12. The van der Waals surface area contributed by atoms with Crippen LogP contribution in [0.3, 0.4) is 0 Å². The molecule has 5 rings (SSSR count). The molecule has 0 spiro atoms. The Bertz CT molecular complexity index is 1120. The normalized spacial score (nSPS) is 25.5. The van der Waals surface area contributed by atoms with Crippen molar-refractivity contribution in [2.24, 2.45) is 11.1 Å². The highest BCUT2D eigenvalue weighted by Gasteiger charge is 2.37. The molecule has 166 valence electrons. The van der Waals surface area contributed by atoms with Crippen LogP contribution in [0, 0.1) is 10.8 Å². The number of nitrogens with zero attached hydrogens (tertiary/aromatic N) is 6. The highest BCUT2D eigenvalue weighted by Crippen LogP contribution is 2.38. The molecule has 1 aromatic carbocycles. The lowest BCUT2D eigenvalue weighted by Gasteiger charge is -2.17. The van der Waals surface area contributed by atoms with E-state index in [9.17, 15) is 14.8 Å². The molecule has 3 heterocycles. The summed E-state index contributed by atoms with van der Waals surface area (Å²) in [5, 5.41) is 16.1. The Kier molecular flexibility index (Phi) is 5.52. The number of fused-ring (bicyclic) bond motifs is 1. The van der Waals surface area contributed by atoms with Crippen LogP contribution in [0.15, 0.2) is 48.2 Å². The van der Waals surface area contributed by atoms with Gasteiger partial charge >= 0.3 is 0 Å². The predicted octanol–water partition coefficient (Wildman–Crippen LogP) is 2.12. The van der Waals surface area contributed by atoms with E-state index < -0.39 is 6.04 Å². The quantitative estimate of drug-likeness (QED) is 0.545. The number of carbonyl (C=O) groups is 1. The van der Waals surface area contributed by atoms with Gasteiger partial charge < -0.3 is 19.9 Å². The van der Waals surface area contributed by atoms with Crippen molar-refractivity contribution >= 4 is 22.9 Å². The maximum Gasteiger partial charge on any atom is 0.225 e. The third-order valence-electron chi connectivity index (χ3n) is 6.53. The SMILES string of the molecule is O=N[C@H]1CC(n2cnc3c(NC4CC(=O)N(Cc5ccccc5)C4)ncnc32)CC1CO. The number of nitroso groups, excluding NO2 is 1. The van der Waals surface area contributed by atoms with Gasteiger partial charge in [-0.15, -0.1) is 0 Å². The summed E-state index contributed by atoms with van der Waals surface area (Å²) in [5.74, 6) is 0.556. The lowest BCUT2D eigenvalue weighted by atomic mass is 10.1. The van der Waals surface area contributed by atoms with Crippen LogP contribution in [0.5, 0.6) is 0 Å². The zero-order chi connectivity index (χ0) is 22.1. The summed E-state index contributed by atoms with van der Waals surface area (Å²) in [7, 11) is 0. The van der Waals surface area contributed by atoms with Gasteiger partial charge in [0.05, 0.1) is 18.4 Å². The van der Waals surface area contributed by atoms with Crippen LogP contribution < -0.4 is 5.32 Å². The molecule has 3 aromatic rings. The molecule has 2 fully saturated rings. The topological polar surface area (TPSA) is 126 Å². The summed E-state index contributed by atoms with van der Waals surface area (Å²) < 4.78 is 1.94. The number of carbonyl (C=O) groups excluding carboxylic acids is 1. The summed E-state index contributed by atoms with van der Waals surface area (Å²) in [6, 6.07) is 9.47. The molecule has 2 N–H and O–H groups in total. The number of hydrogen-bond donors (Lipinski definition) is 2. The van der Waals surface area contributed by atoms with E-state index in [2.05, 4.69) is 25.4 Å². The van der Waals surface area contributed by atoms with Crippen molar-refractivity contribution in [1.29, 1.82) is 0 Å². The molecule has 1 saturated heterocycles. The summed E-state index contributed by atoms with van der Waals surface area (Å²) in [4.78, 5) is 38.8. The van der Waals surface area contributed by atoms with Crippen molar-refractivity contribution in [3.05, 3.63) is 53.5 Å². The van der Waals surface area contributed by atoms with E-state index in [1.54, 1.807) is 6.33 Å². The smallest absolute Gasteiger partial charge is 0.225 e. The molecule has 2 aromatic heterocycles. The minimum Gasteiger partial charge on any atom is -0.396 e. The number of imidazole rings is 1. The number of anilines is 1. The Balaban J connectivity index is 1.32. The molecular formula is C22H25N7O3. The minimum absolute atomic E-state index is 0.00276. The van der Waals surface area contributed by atoms with Gasteiger partial charge in [-0.25, -0.2) is 15.0 Å². The number of likely N-dealkylation sites (tertiary alicyclic amines) is 1. The van der Waals surface area contributed by atoms with Crippen LogP contribution in [0.4, 0.5) is 5.82 Å². The molecule has 32 heavy (non-hydrogen) atoms. The first-order valence-electron chi connectivity index (χ1n) is 10.9. The van der Waals surface area contributed by atoms with E-state index in [1.807, 2.05) is 39.8 Å². The second kappa shape index (κ2) is 8.62. The van der Waals surface area contributed by atoms with Crippen LogP contribution >= 0.6 is 0 Å². The van der Waals surface area contributed by atoms with E-state index in [0.29, 0.717) is 49.3 Å². The van der Waals surface area contributed by atoms with Crippen LogP contribution in [0.25, 0.3) is 11.2 Å². The predicted molar refractivity (Wildman–Crippen MR) is 118 cm³/mol. The minimum atomic E-state index is -0.401. The van der Waals surface area contributed by atoms with Gasteiger partial charge in [-0.2, -0.15) is 4.91 Å². The first-order valence-corrected chi connectivity index (χ1v) is 10.9. The van der Waals surface area contributed by atoms with Crippen LogP contribution in [0.1, 0.15) is 30.9 Å². The van der Waals surface area contributed by atoms with Gasteiger partial charge in [0.2, 0.25) is 5.91 Å². The van der Waals surface area contributed by atoms with E-state index in [4.69, 9.17) is 0 Å². The number of hydrogen-bond acceptors (Lipinski definition) is 8. The van der Waals surface area contributed by atoms with Crippen molar-refractivity contribution < 1.29 is 9.90 Å². The van der Waals surface area contributed by atoms with Crippen molar-refractivity contribution in [3.63, 3.8) is 0 Å². The zero-order valence-electron chi connectivity index (χ0n) is 17.5. The van der Waals surface area contributed by atoms with E-state index in [-0.39, 0.29) is 30.5 Å². The second-order valence-corrected chi connectivity index (χ2v) is 8.59. The molecule has 3 unspecified atom stereocenters. The second-order valence-electron chi connectivity index (χ2n) is 8.59. The van der Waals surface area contributed by atoms with E-state index in [0.717, 1.165) is 5.56 Å². The largest absolute Gasteiger partial charge is 0.396 e. The number of aliphatic hydroxyl groups excluding tert-OH is 1. The summed E-state index contributed by atoms with van der Waals surface area (Å²) in [6.07, 6.45) is 4.79. The summed E-state index contributed by atoms with van der Waals surface area (Å²) in [5.41, 5.74) is 2.40. The van der Waals surface area contributed by atoms with Gasteiger partial charge in [-0.1, -0.05) is 35.5 Å². The molecule has 2 aliphatic rings. The van der Waals surface area contributed by atoms with E-state index >= 15 is 0 Å². The first-order chi connectivity index (χ1) is 15.7. The maximum atomic E-state index is 12.5. The molecule has 10 nitrogen and oxygen atoms in total. The van der Waals surface area contributed by atoms with Crippen LogP contribution in [-0.4, -0.2) is 60.7 Å². The Hall–Kier alpha value is -3.40. The van der Waals surface area contributed by atoms with Gasteiger partial charge in [0.15, 0.2) is 11.5 Å². The number of benzene rings is 1. The maximum absolute atomic E-state index is 12.5. The van der Waals surface area contributed by atoms with Crippen molar-refractivity contribution in [3.8, 4) is 0 Å². The van der Waals surface area contributed by atoms with Gasteiger partial charge in [0.25, 0.3) is 0 Å². The van der Waals surface area contributed by atoms with Crippen molar-refractivity contribution in [2.45, 2.75) is 43.9 Å². The number of rotatable bonds is 7. The molecule has 10 heteroatoms. The van der Waals surface area contributed by atoms with Crippen molar-refractivity contribution in [2.75, 3.05) is 18.5 Å². The molecule has 1 aliphatic heterocycles. The molecule has 0 radical (unpaired) electrons. The average molecular weight is 435 g/mol. The molecule has 1 amide bonds. The number of nitrogens with one attached hydrogen (secondary N) is 1. The molecular weight excluding hydrogens is 410 g/mol. The number of amides is 1. The molecule has 1 saturated carbocycles. The van der Waals surface area contributed by atoms with Gasteiger partial charge in [-0.05, 0) is 18.4 Å². The van der Waals surface area contributed by atoms with Crippen LogP contribution in [0.2, 0.25) is 0 Å². The van der Waals surface area contributed by atoms with Gasteiger partial charge in [-0.3, -0.25) is 4.79 Å². The average Bonchev–Trinajstić information content (AvgIpc) is 3.51. The fourth-order valence-electron chi connectivity index (χ4n) is 4.87. The van der Waals surface area contributed by atoms with Crippen molar-refractivity contribution in [1.82, 2.24) is 24.4 Å². The molecule has 1 aliphatic carbocycles. The lowest BCUT2D eigenvalue weighted by molar-refractivity contribution is -0.128. The zero-order valence-corrected chi connectivity index (χ0v) is 17.5. The Morgan fingerprint density at radius 3 is 2.75 bits per heavy atom. The standard InChI is InChI=1S/C22H25N7O3/c30-11-15-6-17(8-18(15)27-32)29-13-25-20-21(23-12-24-22(20)29)26-16-7-19(31)28(10-16)9-14-4-2-1-3-5-14/h1-5,12-13,15-18,30H,6-11H2,(H,23,24,26)/t15?,16?,17?,18-/m0/s1. The molecule has 0 bridgehead atoms. The lowest BCUT2D eigenvalue weighted by Crippen LogP contribution is -2.27. The highest BCUT2D eigenvalue weighted by molar-refractivity contribution is 5.84. The van der Waals surface area contributed by atoms with Crippen LogP contribution in [-0.2, 0) is 11.3 Å². The third-order valence-corrected chi connectivity index (χ3v) is 6.53.